The van der Waals surface area contributed by atoms with Crippen LogP contribution in [0.1, 0.15) is 44.0 Å². The molecule has 1 heterocycles. The van der Waals surface area contributed by atoms with E-state index in [0.717, 1.165) is 12.8 Å². The number of ether oxygens (including phenoxy) is 1. The second-order valence-corrected chi connectivity index (χ2v) is 6.19. The van der Waals surface area contributed by atoms with Gasteiger partial charge in [-0.15, -0.1) is 0 Å². The molecule has 0 aliphatic carbocycles. The third kappa shape index (κ3) is 3.31. The smallest absolute Gasteiger partial charge is 0.257 e. The molecule has 1 fully saturated rings. The molecule has 110 valence electrons. The molecule has 1 amide bonds. The third-order valence-corrected chi connectivity index (χ3v) is 3.38. The Balaban J connectivity index is 2.26. The van der Waals surface area contributed by atoms with Crippen molar-refractivity contribution >= 4 is 5.91 Å². The summed E-state index contributed by atoms with van der Waals surface area (Å²) in [6.45, 7) is 6.60. The van der Waals surface area contributed by atoms with Gasteiger partial charge in [-0.1, -0.05) is 12.1 Å². The van der Waals surface area contributed by atoms with Crippen LogP contribution in [0.15, 0.2) is 24.3 Å². The van der Waals surface area contributed by atoms with Crippen molar-refractivity contribution in [3.8, 4) is 5.75 Å². The van der Waals surface area contributed by atoms with Crippen LogP contribution in [0, 0.1) is 0 Å². The number of carbonyl (C=O) groups excluding carboxylic acids is 1. The molecule has 0 aromatic heterocycles. The van der Waals surface area contributed by atoms with E-state index in [1.807, 2.05) is 39.0 Å². The van der Waals surface area contributed by atoms with E-state index in [1.165, 1.54) is 0 Å². The fourth-order valence-corrected chi connectivity index (χ4v) is 2.51. The van der Waals surface area contributed by atoms with Crippen LogP contribution >= 0.6 is 0 Å². The summed E-state index contributed by atoms with van der Waals surface area (Å²) in [7, 11) is 0. The summed E-state index contributed by atoms with van der Waals surface area (Å²) in [5.74, 6) is 0.551. The lowest BCUT2D eigenvalue weighted by Crippen LogP contribution is -2.38. The van der Waals surface area contributed by atoms with E-state index < -0.39 is 0 Å². The molecule has 20 heavy (non-hydrogen) atoms. The van der Waals surface area contributed by atoms with E-state index in [0.29, 0.717) is 17.9 Å². The molecule has 0 bridgehead atoms. The van der Waals surface area contributed by atoms with Crippen molar-refractivity contribution in [1.82, 2.24) is 4.90 Å². The van der Waals surface area contributed by atoms with Gasteiger partial charge in [-0.2, -0.15) is 0 Å². The largest absolute Gasteiger partial charge is 0.487 e. The zero-order valence-electron chi connectivity index (χ0n) is 12.4. The van der Waals surface area contributed by atoms with E-state index in [-0.39, 0.29) is 24.2 Å². The number of aliphatic hydroxyl groups is 1. The highest BCUT2D eigenvalue weighted by Gasteiger charge is 2.30. The van der Waals surface area contributed by atoms with Gasteiger partial charge in [0.2, 0.25) is 0 Å². The molecule has 0 radical (unpaired) electrons. The van der Waals surface area contributed by atoms with Crippen LogP contribution in [0.5, 0.6) is 5.75 Å². The number of likely N-dealkylation sites (tertiary alicyclic amines) is 1. The number of amides is 1. The number of hydrogen-bond donors (Lipinski definition) is 1. The number of hydrogen-bond acceptors (Lipinski definition) is 3. The van der Waals surface area contributed by atoms with Gasteiger partial charge in [0.25, 0.3) is 5.91 Å². The molecule has 1 N–H and O–H groups in total. The van der Waals surface area contributed by atoms with Crippen LogP contribution in [-0.4, -0.2) is 40.7 Å². The van der Waals surface area contributed by atoms with Gasteiger partial charge in [0, 0.05) is 6.54 Å². The first-order valence-electron chi connectivity index (χ1n) is 7.12. The molecular formula is C16H23NO3. The van der Waals surface area contributed by atoms with Gasteiger partial charge in [-0.05, 0) is 45.7 Å². The molecule has 1 aliphatic heterocycles. The van der Waals surface area contributed by atoms with E-state index >= 15 is 0 Å². The number of benzene rings is 1. The normalized spacial score (nSPS) is 19.2. The molecule has 1 unspecified atom stereocenters. The highest BCUT2D eigenvalue weighted by atomic mass is 16.5. The minimum absolute atomic E-state index is 0.0219. The van der Waals surface area contributed by atoms with E-state index in [9.17, 15) is 9.90 Å². The molecule has 0 saturated carbocycles. The van der Waals surface area contributed by atoms with Crippen LogP contribution in [0.2, 0.25) is 0 Å². The van der Waals surface area contributed by atoms with Crippen molar-refractivity contribution < 1.29 is 14.6 Å². The van der Waals surface area contributed by atoms with Gasteiger partial charge in [0.05, 0.1) is 18.2 Å². The number of nitrogens with zero attached hydrogens (tertiary/aromatic N) is 1. The van der Waals surface area contributed by atoms with Crippen molar-refractivity contribution in [2.45, 2.75) is 45.3 Å². The van der Waals surface area contributed by atoms with Crippen molar-refractivity contribution in [2.24, 2.45) is 0 Å². The number of aliphatic hydroxyl groups excluding tert-OH is 1. The maximum absolute atomic E-state index is 12.7. The molecule has 1 atom stereocenters. The van der Waals surface area contributed by atoms with Crippen molar-refractivity contribution in [2.75, 3.05) is 13.2 Å². The van der Waals surface area contributed by atoms with Gasteiger partial charge in [0.15, 0.2) is 0 Å². The topological polar surface area (TPSA) is 49.8 Å². The summed E-state index contributed by atoms with van der Waals surface area (Å²) in [5, 5.41) is 9.36. The number of carbonyl (C=O) groups is 1. The lowest BCUT2D eigenvalue weighted by Gasteiger charge is -2.26. The number of para-hydroxylation sites is 1. The molecule has 2 rings (SSSR count). The average molecular weight is 277 g/mol. The summed E-state index contributed by atoms with van der Waals surface area (Å²) in [6.07, 6.45) is 1.81. The second kappa shape index (κ2) is 5.83. The van der Waals surface area contributed by atoms with Crippen LogP contribution < -0.4 is 4.74 Å². The molecule has 4 nitrogen and oxygen atoms in total. The highest BCUT2D eigenvalue weighted by molar-refractivity contribution is 5.97. The zero-order valence-corrected chi connectivity index (χ0v) is 12.4. The first kappa shape index (κ1) is 14.9. The van der Waals surface area contributed by atoms with Gasteiger partial charge >= 0.3 is 0 Å². The van der Waals surface area contributed by atoms with Gasteiger partial charge < -0.3 is 14.7 Å². The average Bonchev–Trinajstić information content (AvgIpc) is 2.85. The minimum Gasteiger partial charge on any atom is -0.487 e. The molecule has 4 heteroatoms. The Morgan fingerprint density at radius 3 is 2.75 bits per heavy atom. The summed E-state index contributed by atoms with van der Waals surface area (Å²) < 4.78 is 5.87. The Morgan fingerprint density at radius 1 is 1.40 bits per heavy atom. The SMILES string of the molecule is CC(C)(C)Oc1ccccc1C(=O)N1CCCC1CO. The summed E-state index contributed by atoms with van der Waals surface area (Å²) in [4.78, 5) is 14.4. The fourth-order valence-electron chi connectivity index (χ4n) is 2.51. The third-order valence-electron chi connectivity index (χ3n) is 3.38. The molecule has 0 spiro atoms. The number of rotatable bonds is 3. The second-order valence-electron chi connectivity index (χ2n) is 6.19. The Labute approximate surface area is 120 Å². The summed E-state index contributed by atoms with van der Waals surface area (Å²) >= 11 is 0. The zero-order chi connectivity index (χ0) is 14.8. The molecule has 1 aromatic rings. The van der Waals surface area contributed by atoms with E-state index in [1.54, 1.807) is 11.0 Å². The molecule has 1 aliphatic rings. The first-order chi connectivity index (χ1) is 9.42. The standard InChI is InChI=1S/C16H23NO3/c1-16(2,3)20-14-9-5-4-8-13(14)15(19)17-10-6-7-12(17)11-18/h4-5,8-9,12,18H,6-7,10-11H2,1-3H3. The molecule has 1 saturated heterocycles. The Bertz CT molecular complexity index is 479. The van der Waals surface area contributed by atoms with Gasteiger partial charge in [0.1, 0.15) is 11.4 Å². The van der Waals surface area contributed by atoms with Gasteiger partial charge in [-0.25, -0.2) is 0 Å². The van der Waals surface area contributed by atoms with Crippen LogP contribution in [0.4, 0.5) is 0 Å². The highest BCUT2D eigenvalue weighted by Crippen LogP contribution is 2.27. The minimum atomic E-state index is -0.349. The Hall–Kier alpha value is -1.55. The van der Waals surface area contributed by atoms with E-state index in [2.05, 4.69) is 0 Å². The first-order valence-corrected chi connectivity index (χ1v) is 7.12. The van der Waals surface area contributed by atoms with E-state index in [4.69, 9.17) is 4.74 Å². The lowest BCUT2D eigenvalue weighted by atomic mass is 10.1. The van der Waals surface area contributed by atoms with Crippen LogP contribution in [0.3, 0.4) is 0 Å². The lowest BCUT2D eigenvalue weighted by molar-refractivity contribution is 0.0663. The van der Waals surface area contributed by atoms with Crippen molar-refractivity contribution in [3.63, 3.8) is 0 Å². The Morgan fingerprint density at radius 2 is 2.10 bits per heavy atom. The maximum atomic E-state index is 12.7. The molecule has 1 aromatic carbocycles. The summed E-state index contributed by atoms with van der Waals surface area (Å²) in [6, 6.07) is 7.25. The van der Waals surface area contributed by atoms with Crippen LogP contribution in [-0.2, 0) is 0 Å². The fraction of sp³-hybridized carbons (Fsp3) is 0.562. The predicted molar refractivity (Wildman–Crippen MR) is 78.0 cm³/mol. The maximum Gasteiger partial charge on any atom is 0.257 e. The van der Waals surface area contributed by atoms with Crippen molar-refractivity contribution in [3.05, 3.63) is 29.8 Å². The summed E-state index contributed by atoms with van der Waals surface area (Å²) in [5.41, 5.74) is 0.223. The Kier molecular flexibility index (Phi) is 4.33. The molecular weight excluding hydrogens is 254 g/mol. The predicted octanol–water partition coefficient (Wildman–Crippen LogP) is 2.46. The monoisotopic (exact) mass is 277 g/mol. The van der Waals surface area contributed by atoms with Gasteiger partial charge in [-0.3, -0.25) is 4.79 Å². The van der Waals surface area contributed by atoms with Crippen molar-refractivity contribution in [1.29, 1.82) is 0 Å². The quantitative estimate of drug-likeness (QED) is 0.923. The van der Waals surface area contributed by atoms with Crippen LogP contribution in [0.25, 0.3) is 0 Å².